The smallest absolute Gasteiger partial charge is 0.314 e. The van der Waals surface area contributed by atoms with Crippen LogP contribution in [0, 0.1) is 10.1 Å². The Labute approximate surface area is 154 Å². The monoisotopic (exact) mass is 371 g/mol. The first-order chi connectivity index (χ1) is 13.0. The molecule has 3 aromatic rings. The van der Waals surface area contributed by atoms with Crippen LogP contribution in [0.2, 0.25) is 0 Å². The van der Waals surface area contributed by atoms with Crippen molar-refractivity contribution in [2.24, 2.45) is 0 Å². The average Bonchev–Trinajstić information content (AvgIpc) is 3.18. The number of ether oxygens (including phenoxy) is 3. The van der Waals surface area contributed by atoms with Gasteiger partial charge in [0.25, 0.3) is 5.89 Å². The van der Waals surface area contributed by atoms with Gasteiger partial charge in [-0.05, 0) is 43.3 Å². The topological polar surface area (TPSA) is 110 Å². The molecule has 140 valence electrons. The van der Waals surface area contributed by atoms with E-state index >= 15 is 0 Å². The second-order valence-corrected chi connectivity index (χ2v) is 5.52. The summed E-state index contributed by atoms with van der Waals surface area (Å²) in [5.74, 6) is 1.67. The number of nitrogens with zero attached hydrogens (tertiary/aromatic N) is 3. The second kappa shape index (κ2) is 7.73. The predicted octanol–water partition coefficient (Wildman–Crippen LogP) is 3.80. The predicted molar refractivity (Wildman–Crippen MR) is 95.0 cm³/mol. The molecule has 0 radical (unpaired) electrons. The van der Waals surface area contributed by atoms with E-state index in [1.54, 1.807) is 44.4 Å². The van der Waals surface area contributed by atoms with Gasteiger partial charge < -0.3 is 18.6 Å². The van der Waals surface area contributed by atoms with Gasteiger partial charge in [-0.2, -0.15) is 0 Å². The van der Waals surface area contributed by atoms with Gasteiger partial charge in [0.15, 0.2) is 11.9 Å². The van der Waals surface area contributed by atoms with Gasteiger partial charge in [0.2, 0.25) is 5.89 Å². The average molecular weight is 371 g/mol. The third-order valence-corrected chi connectivity index (χ3v) is 3.79. The first kappa shape index (κ1) is 18.2. The highest BCUT2D eigenvalue weighted by Gasteiger charge is 2.22. The summed E-state index contributed by atoms with van der Waals surface area (Å²) in [7, 11) is 3.01. The molecule has 0 aliphatic carbocycles. The van der Waals surface area contributed by atoms with Crippen molar-refractivity contribution in [3.8, 4) is 28.7 Å². The Morgan fingerprint density at radius 3 is 2.33 bits per heavy atom. The van der Waals surface area contributed by atoms with Crippen molar-refractivity contribution in [2.45, 2.75) is 13.0 Å². The zero-order valence-corrected chi connectivity index (χ0v) is 14.9. The summed E-state index contributed by atoms with van der Waals surface area (Å²) in [4.78, 5) is 10.7. The Balaban J connectivity index is 1.80. The summed E-state index contributed by atoms with van der Waals surface area (Å²) in [6.45, 7) is 1.67. The first-order valence-corrected chi connectivity index (χ1v) is 7.98. The van der Waals surface area contributed by atoms with Crippen LogP contribution in [0.5, 0.6) is 17.2 Å². The molecule has 1 atom stereocenters. The molecule has 2 aromatic carbocycles. The van der Waals surface area contributed by atoms with Gasteiger partial charge in [-0.25, -0.2) is 0 Å². The standard InChI is InChI=1S/C18H17N3O6/c1-11(26-16-9-8-14(25-3)10-15(16)21(22)23)17-19-20-18(27-17)12-4-6-13(24-2)7-5-12/h4-11H,1-3H3/t11-/m0/s1. The molecule has 3 rings (SSSR count). The van der Waals surface area contributed by atoms with Crippen LogP contribution in [0.1, 0.15) is 18.9 Å². The summed E-state index contributed by atoms with van der Waals surface area (Å²) in [6, 6.07) is 11.5. The van der Waals surface area contributed by atoms with Crippen molar-refractivity contribution in [1.29, 1.82) is 0 Å². The van der Waals surface area contributed by atoms with Gasteiger partial charge in [-0.1, -0.05) is 0 Å². The summed E-state index contributed by atoms with van der Waals surface area (Å²) < 4.78 is 21.4. The zero-order valence-electron chi connectivity index (χ0n) is 14.9. The lowest BCUT2D eigenvalue weighted by Crippen LogP contribution is -2.05. The molecule has 0 bridgehead atoms. The van der Waals surface area contributed by atoms with Gasteiger partial charge in [-0.3, -0.25) is 10.1 Å². The molecule has 9 heteroatoms. The minimum Gasteiger partial charge on any atom is -0.497 e. The Bertz CT molecular complexity index is 939. The van der Waals surface area contributed by atoms with Crippen LogP contribution in [-0.2, 0) is 0 Å². The van der Waals surface area contributed by atoms with Crippen LogP contribution in [0.4, 0.5) is 5.69 Å². The lowest BCUT2D eigenvalue weighted by Gasteiger charge is -2.11. The van der Waals surface area contributed by atoms with E-state index in [9.17, 15) is 10.1 Å². The van der Waals surface area contributed by atoms with Crippen molar-refractivity contribution in [2.75, 3.05) is 14.2 Å². The summed E-state index contributed by atoms with van der Waals surface area (Å²) in [6.07, 6.45) is -0.684. The number of benzene rings is 2. The molecule has 0 spiro atoms. The molecule has 0 saturated carbocycles. The van der Waals surface area contributed by atoms with E-state index in [0.717, 1.165) is 5.56 Å². The molecule has 0 aliphatic heterocycles. The largest absolute Gasteiger partial charge is 0.497 e. The van der Waals surface area contributed by atoms with Gasteiger partial charge >= 0.3 is 5.69 Å². The molecule has 27 heavy (non-hydrogen) atoms. The van der Waals surface area contributed by atoms with Gasteiger partial charge in [0.05, 0.1) is 25.2 Å². The first-order valence-electron chi connectivity index (χ1n) is 7.98. The second-order valence-electron chi connectivity index (χ2n) is 5.52. The van der Waals surface area contributed by atoms with Gasteiger partial charge in [-0.15, -0.1) is 10.2 Å². The quantitative estimate of drug-likeness (QED) is 0.455. The molecule has 0 amide bonds. The number of nitro groups is 1. The molecule has 0 saturated heterocycles. The van der Waals surface area contributed by atoms with E-state index in [1.807, 2.05) is 0 Å². The Morgan fingerprint density at radius 2 is 1.70 bits per heavy atom. The number of aromatic nitrogens is 2. The molecule has 1 heterocycles. The fourth-order valence-corrected chi connectivity index (χ4v) is 2.36. The van der Waals surface area contributed by atoms with Crippen LogP contribution in [-0.4, -0.2) is 29.3 Å². The van der Waals surface area contributed by atoms with E-state index in [2.05, 4.69) is 10.2 Å². The molecular weight excluding hydrogens is 354 g/mol. The van der Waals surface area contributed by atoms with Crippen LogP contribution < -0.4 is 14.2 Å². The zero-order chi connectivity index (χ0) is 19.4. The fraction of sp³-hybridized carbons (Fsp3) is 0.222. The van der Waals surface area contributed by atoms with Gasteiger partial charge in [0, 0.05) is 5.56 Å². The molecule has 0 N–H and O–H groups in total. The number of hydrogen-bond acceptors (Lipinski definition) is 8. The van der Waals surface area contributed by atoms with E-state index < -0.39 is 11.0 Å². The third-order valence-electron chi connectivity index (χ3n) is 3.79. The van der Waals surface area contributed by atoms with Crippen LogP contribution in [0.3, 0.4) is 0 Å². The molecule has 0 fully saturated rings. The highest BCUT2D eigenvalue weighted by Crippen LogP contribution is 2.34. The van der Waals surface area contributed by atoms with Crippen molar-refractivity contribution >= 4 is 5.69 Å². The maximum absolute atomic E-state index is 11.3. The number of nitro benzene ring substituents is 1. The van der Waals surface area contributed by atoms with Crippen LogP contribution in [0.25, 0.3) is 11.5 Å². The van der Waals surface area contributed by atoms with E-state index in [1.165, 1.54) is 19.2 Å². The number of hydrogen-bond donors (Lipinski definition) is 0. The maximum Gasteiger partial charge on any atom is 0.314 e. The Kier molecular flexibility index (Phi) is 5.20. The van der Waals surface area contributed by atoms with Crippen LogP contribution in [0.15, 0.2) is 46.9 Å². The van der Waals surface area contributed by atoms with Crippen molar-refractivity contribution in [3.05, 3.63) is 58.5 Å². The summed E-state index contributed by atoms with van der Waals surface area (Å²) >= 11 is 0. The number of rotatable bonds is 7. The Morgan fingerprint density at radius 1 is 1.04 bits per heavy atom. The van der Waals surface area contributed by atoms with Crippen molar-refractivity contribution < 1.29 is 23.6 Å². The molecule has 1 aromatic heterocycles. The lowest BCUT2D eigenvalue weighted by molar-refractivity contribution is -0.386. The van der Waals surface area contributed by atoms with E-state index in [4.69, 9.17) is 18.6 Å². The van der Waals surface area contributed by atoms with Crippen LogP contribution >= 0.6 is 0 Å². The number of methoxy groups -OCH3 is 2. The molecule has 0 aliphatic rings. The summed E-state index contributed by atoms with van der Waals surface area (Å²) in [5, 5.41) is 19.2. The fourth-order valence-electron chi connectivity index (χ4n) is 2.36. The highest BCUT2D eigenvalue weighted by molar-refractivity contribution is 5.54. The highest BCUT2D eigenvalue weighted by atomic mass is 16.6. The third kappa shape index (κ3) is 3.97. The Hall–Kier alpha value is -3.62. The minimum absolute atomic E-state index is 0.0810. The van der Waals surface area contributed by atoms with Gasteiger partial charge in [0.1, 0.15) is 11.5 Å². The summed E-state index contributed by atoms with van der Waals surface area (Å²) in [5.41, 5.74) is 0.508. The van der Waals surface area contributed by atoms with E-state index in [0.29, 0.717) is 17.4 Å². The normalized spacial score (nSPS) is 11.7. The van der Waals surface area contributed by atoms with E-state index in [-0.39, 0.29) is 17.3 Å². The van der Waals surface area contributed by atoms with Crippen molar-refractivity contribution in [1.82, 2.24) is 10.2 Å². The molecule has 9 nitrogen and oxygen atoms in total. The molecular formula is C18H17N3O6. The lowest BCUT2D eigenvalue weighted by atomic mass is 10.2. The molecule has 0 unspecified atom stereocenters. The van der Waals surface area contributed by atoms with Crippen molar-refractivity contribution in [3.63, 3.8) is 0 Å². The SMILES string of the molecule is COc1ccc(-c2nnc([C@H](C)Oc3ccc(OC)cc3[N+](=O)[O-])o2)cc1. The minimum atomic E-state index is -0.684. The maximum atomic E-state index is 11.3.